The number of benzene rings is 1. The van der Waals surface area contributed by atoms with E-state index in [0.29, 0.717) is 12.3 Å². The molecule has 1 unspecified atom stereocenters. The number of amides is 1. The van der Waals surface area contributed by atoms with Crippen LogP contribution in [0.3, 0.4) is 0 Å². The minimum atomic E-state index is -0.862. The summed E-state index contributed by atoms with van der Waals surface area (Å²) >= 11 is 0. The third kappa shape index (κ3) is 6.22. The first-order chi connectivity index (χ1) is 9.51. The Morgan fingerprint density at radius 1 is 1.40 bits per heavy atom. The Morgan fingerprint density at radius 3 is 2.80 bits per heavy atom. The van der Waals surface area contributed by atoms with Gasteiger partial charge in [-0.2, -0.15) is 0 Å². The molecule has 0 bridgehead atoms. The number of nitrogens with one attached hydrogen (secondary N) is 1. The Kier molecular flexibility index (Phi) is 6.56. The van der Waals surface area contributed by atoms with E-state index < -0.39 is 5.97 Å². The highest BCUT2D eigenvalue weighted by Gasteiger charge is 2.09. The fourth-order valence-electron chi connectivity index (χ4n) is 1.71. The van der Waals surface area contributed by atoms with Gasteiger partial charge in [-0.15, -0.1) is 0 Å². The van der Waals surface area contributed by atoms with E-state index in [1.165, 1.54) is 0 Å². The van der Waals surface area contributed by atoms with Crippen molar-refractivity contribution in [2.75, 3.05) is 13.2 Å². The zero-order valence-electron chi connectivity index (χ0n) is 11.9. The topological polar surface area (TPSA) is 75.6 Å². The number of hydrogen-bond donors (Lipinski definition) is 2. The summed E-state index contributed by atoms with van der Waals surface area (Å²) in [5.74, 6) is -0.540. The molecule has 110 valence electrons. The summed E-state index contributed by atoms with van der Waals surface area (Å²) in [7, 11) is 0. The average Bonchev–Trinajstić information content (AvgIpc) is 2.42. The quantitative estimate of drug-likeness (QED) is 0.761. The number of carboxylic acids is 1. The van der Waals surface area contributed by atoms with Crippen LogP contribution in [0.15, 0.2) is 24.3 Å². The Balaban J connectivity index is 2.30. The molecule has 1 atom stereocenters. The maximum atomic E-state index is 11.6. The summed E-state index contributed by atoms with van der Waals surface area (Å²) in [6.07, 6.45) is 0.954. The largest absolute Gasteiger partial charge is 0.484 e. The Morgan fingerprint density at radius 2 is 2.15 bits per heavy atom. The normalized spacial score (nSPS) is 11.7. The molecule has 20 heavy (non-hydrogen) atoms. The number of ether oxygens (including phenoxy) is 1. The predicted molar refractivity (Wildman–Crippen MR) is 75.7 cm³/mol. The monoisotopic (exact) mass is 279 g/mol. The van der Waals surface area contributed by atoms with Gasteiger partial charge >= 0.3 is 5.97 Å². The van der Waals surface area contributed by atoms with Crippen LogP contribution in [0, 0.1) is 5.92 Å². The number of carbonyl (C=O) groups excluding carboxylic acids is 1. The molecule has 0 aromatic heterocycles. The van der Waals surface area contributed by atoms with Crippen LogP contribution >= 0.6 is 0 Å². The van der Waals surface area contributed by atoms with Crippen molar-refractivity contribution in [1.82, 2.24) is 5.32 Å². The van der Waals surface area contributed by atoms with Gasteiger partial charge in [0.2, 0.25) is 0 Å². The number of aliphatic carboxylic acids is 1. The van der Waals surface area contributed by atoms with Crippen LogP contribution in [0.2, 0.25) is 0 Å². The summed E-state index contributed by atoms with van der Waals surface area (Å²) in [5.41, 5.74) is 1.15. The molecule has 0 saturated heterocycles. The van der Waals surface area contributed by atoms with E-state index in [9.17, 15) is 9.59 Å². The number of carbonyl (C=O) groups is 2. The molecule has 1 aromatic carbocycles. The molecule has 5 heteroatoms. The van der Waals surface area contributed by atoms with E-state index in [1.54, 1.807) is 13.0 Å². The van der Waals surface area contributed by atoms with Crippen molar-refractivity contribution < 1.29 is 19.4 Å². The van der Waals surface area contributed by atoms with Crippen LogP contribution in [0.1, 0.15) is 25.8 Å². The van der Waals surface area contributed by atoms with Gasteiger partial charge in [-0.1, -0.05) is 26.0 Å². The number of rotatable bonds is 8. The molecule has 0 saturated carbocycles. The van der Waals surface area contributed by atoms with Crippen molar-refractivity contribution in [1.29, 1.82) is 0 Å². The van der Waals surface area contributed by atoms with Crippen LogP contribution in [-0.4, -0.2) is 30.1 Å². The van der Waals surface area contributed by atoms with Crippen LogP contribution in [0.4, 0.5) is 0 Å². The molecule has 0 aliphatic rings. The van der Waals surface area contributed by atoms with Crippen molar-refractivity contribution in [3.63, 3.8) is 0 Å². The second-order valence-corrected chi connectivity index (χ2v) is 4.80. The molecule has 1 rings (SSSR count). The van der Waals surface area contributed by atoms with Crippen LogP contribution in [0.5, 0.6) is 5.75 Å². The van der Waals surface area contributed by atoms with Gasteiger partial charge in [0.05, 0.1) is 0 Å². The molecule has 0 aliphatic heterocycles. The second-order valence-electron chi connectivity index (χ2n) is 4.80. The van der Waals surface area contributed by atoms with E-state index in [2.05, 4.69) is 12.2 Å². The van der Waals surface area contributed by atoms with Gasteiger partial charge in [-0.05, 0) is 30.0 Å². The lowest BCUT2D eigenvalue weighted by Gasteiger charge is -2.11. The molecular formula is C15H21NO4. The number of carboxylic acid groups (broad SMARTS) is 1. The van der Waals surface area contributed by atoms with Gasteiger partial charge in [0.1, 0.15) is 5.75 Å². The maximum Gasteiger partial charge on any atom is 0.303 e. The third-order valence-corrected chi connectivity index (χ3v) is 2.85. The van der Waals surface area contributed by atoms with Gasteiger partial charge in [-0.3, -0.25) is 9.59 Å². The Hall–Kier alpha value is -2.04. The highest BCUT2D eigenvalue weighted by atomic mass is 16.5. The van der Waals surface area contributed by atoms with E-state index in [1.807, 2.05) is 18.2 Å². The van der Waals surface area contributed by atoms with Crippen LogP contribution < -0.4 is 10.1 Å². The highest BCUT2D eigenvalue weighted by Crippen LogP contribution is 2.13. The van der Waals surface area contributed by atoms with E-state index in [4.69, 9.17) is 9.84 Å². The average molecular weight is 279 g/mol. The van der Waals surface area contributed by atoms with Crippen molar-refractivity contribution in [3.05, 3.63) is 29.8 Å². The number of hydrogen-bond acceptors (Lipinski definition) is 3. The first kappa shape index (κ1) is 16.0. The van der Waals surface area contributed by atoms with Gasteiger partial charge in [0.15, 0.2) is 6.61 Å². The SMILES string of the molecule is CCc1cccc(OCC(=O)NCC(C)CC(=O)O)c1. The number of aryl methyl sites for hydroxylation is 1. The first-order valence-corrected chi connectivity index (χ1v) is 6.71. The lowest BCUT2D eigenvalue weighted by Crippen LogP contribution is -2.33. The summed E-state index contributed by atoms with van der Waals surface area (Å²) in [6.45, 7) is 4.10. The fourth-order valence-corrected chi connectivity index (χ4v) is 1.71. The molecule has 0 fully saturated rings. The van der Waals surface area contributed by atoms with E-state index in [-0.39, 0.29) is 24.9 Å². The molecule has 0 aliphatic carbocycles. The minimum Gasteiger partial charge on any atom is -0.484 e. The summed E-state index contributed by atoms with van der Waals surface area (Å²) in [4.78, 5) is 22.1. The van der Waals surface area contributed by atoms with Gasteiger partial charge in [-0.25, -0.2) is 0 Å². The molecule has 0 heterocycles. The lowest BCUT2D eigenvalue weighted by atomic mass is 10.1. The summed E-state index contributed by atoms with van der Waals surface area (Å²) in [5, 5.41) is 11.3. The van der Waals surface area contributed by atoms with Crippen LogP contribution in [-0.2, 0) is 16.0 Å². The van der Waals surface area contributed by atoms with Gasteiger partial charge < -0.3 is 15.2 Å². The van der Waals surface area contributed by atoms with Crippen LogP contribution in [0.25, 0.3) is 0 Å². The highest BCUT2D eigenvalue weighted by molar-refractivity contribution is 5.77. The minimum absolute atomic E-state index is 0.0414. The molecule has 1 aromatic rings. The second kappa shape index (κ2) is 8.19. The van der Waals surface area contributed by atoms with E-state index in [0.717, 1.165) is 12.0 Å². The zero-order chi connectivity index (χ0) is 15.0. The van der Waals surface area contributed by atoms with Gasteiger partial charge in [0.25, 0.3) is 5.91 Å². The van der Waals surface area contributed by atoms with Crippen molar-refractivity contribution >= 4 is 11.9 Å². The third-order valence-electron chi connectivity index (χ3n) is 2.85. The molecule has 2 N–H and O–H groups in total. The standard InChI is InChI=1S/C15H21NO4/c1-3-12-5-4-6-13(8-12)20-10-14(17)16-9-11(2)7-15(18)19/h4-6,8,11H,3,7,9-10H2,1-2H3,(H,16,17)(H,18,19). The van der Waals surface area contributed by atoms with Crippen molar-refractivity contribution in [2.24, 2.45) is 5.92 Å². The first-order valence-electron chi connectivity index (χ1n) is 6.71. The summed E-state index contributed by atoms with van der Waals surface area (Å²) < 4.78 is 5.40. The van der Waals surface area contributed by atoms with Crippen molar-refractivity contribution in [3.8, 4) is 5.75 Å². The predicted octanol–water partition coefficient (Wildman–Crippen LogP) is 1.85. The summed E-state index contributed by atoms with van der Waals surface area (Å²) in [6, 6.07) is 7.60. The molecule has 0 spiro atoms. The Labute approximate surface area is 118 Å². The molecule has 0 radical (unpaired) electrons. The fraction of sp³-hybridized carbons (Fsp3) is 0.467. The van der Waals surface area contributed by atoms with Gasteiger partial charge in [0, 0.05) is 13.0 Å². The maximum absolute atomic E-state index is 11.6. The molecular weight excluding hydrogens is 258 g/mol. The lowest BCUT2D eigenvalue weighted by molar-refractivity contribution is -0.138. The smallest absolute Gasteiger partial charge is 0.303 e. The van der Waals surface area contributed by atoms with Crippen molar-refractivity contribution in [2.45, 2.75) is 26.7 Å². The Bertz CT molecular complexity index is 459. The molecule has 5 nitrogen and oxygen atoms in total. The zero-order valence-corrected chi connectivity index (χ0v) is 11.9. The van der Waals surface area contributed by atoms with E-state index >= 15 is 0 Å². The molecule has 1 amide bonds.